The summed E-state index contributed by atoms with van der Waals surface area (Å²) in [4.78, 5) is 11.7. The molecule has 0 aliphatic rings. The van der Waals surface area contributed by atoms with Crippen LogP contribution in [-0.4, -0.2) is 5.78 Å². The maximum atomic E-state index is 11.7. The van der Waals surface area contributed by atoms with E-state index in [1.807, 2.05) is 0 Å². The second kappa shape index (κ2) is 4.32. The molecule has 76 valence electrons. The molecule has 2 rings (SSSR count). The minimum atomic E-state index is 0.0293. The summed E-state index contributed by atoms with van der Waals surface area (Å²) in [6.45, 7) is 0. The molecular formula is C12H9ClO2. The number of hydrogen-bond acceptors (Lipinski definition) is 2. The van der Waals surface area contributed by atoms with Crippen LogP contribution in [0.4, 0.5) is 0 Å². The van der Waals surface area contributed by atoms with Crippen LogP contribution in [0.25, 0.3) is 0 Å². The van der Waals surface area contributed by atoms with Gasteiger partial charge >= 0.3 is 0 Å². The molecule has 0 spiro atoms. The van der Waals surface area contributed by atoms with Crippen molar-refractivity contribution in [3.63, 3.8) is 0 Å². The second-order valence-corrected chi connectivity index (χ2v) is 3.62. The predicted octanol–water partition coefficient (Wildman–Crippen LogP) is 3.36. The fraction of sp³-hybridized carbons (Fsp3) is 0.0833. The lowest BCUT2D eigenvalue weighted by Gasteiger charge is -1.98. The molecule has 0 N–H and O–H groups in total. The average Bonchev–Trinajstić information content (AvgIpc) is 2.71. The van der Waals surface area contributed by atoms with Crippen LogP contribution in [0.5, 0.6) is 0 Å². The molecule has 1 heterocycles. The lowest BCUT2D eigenvalue weighted by Crippen LogP contribution is -2.02. The van der Waals surface area contributed by atoms with Gasteiger partial charge in [-0.05, 0) is 36.4 Å². The second-order valence-electron chi connectivity index (χ2n) is 3.19. The van der Waals surface area contributed by atoms with Crippen molar-refractivity contribution in [2.75, 3.05) is 0 Å². The van der Waals surface area contributed by atoms with Crippen LogP contribution in [0.2, 0.25) is 5.02 Å². The number of carbonyl (C=O) groups is 1. The lowest BCUT2D eigenvalue weighted by atomic mass is 10.1. The Labute approximate surface area is 92.5 Å². The monoisotopic (exact) mass is 220 g/mol. The summed E-state index contributed by atoms with van der Waals surface area (Å²) in [7, 11) is 0. The van der Waals surface area contributed by atoms with Crippen molar-refractivity contribution >= 4 is 17.4 Å². The van der Waals surface area contributed by atoms with Crippen LogP contribution in [-0.2, 0) is 6.42 Å². The molecule has 0 fully saturated rings. The fourth-order valence-electron chi connectivity index (χ4n) is 1.31. The molecular weight excluding hydrogens is 212 g/mol. The van der Waals surface area contributed by atoms with E-state index in [0.717, 1.165) is 0 Å². The minimum absolute atomic E-state index is 0.0293. The molecule has 0 bridgehead atoms. The Hall–Kier alpha value is -1.54. The van der Waals surface area contributed by atoms with Gasteiger partial charge in [0.2, 0.25) is 0 Å². The summed E-state index contributed by atoms with van der Waals surface area (Å²) in [6.07, 6.45) is 1.85. The van der Waals surface area contributed by atoms with Gasteiger partial charge in [0, 0.05) is 10.6 Å². The standard InChI is InChI=1S/C12H9ClO2/c13-10-5-3-9(4-6-10)12(14)8-11-2-1-7-15-11/h1-7H,8H2. The van der Waals surface area contributed by atoms with Gasteiger partial charge < -0.3 is 4.42 Å². The molecule has 0 amide bonds. The van der Waals surface area contributed by atoms with Crippen LogP contribution in [0.15, 0.2) is 47.1 Å². The summed E-state index contributed by atoms with van der Waals surface area (Å²) in [5.41, 5.74) is 0.649. The van der Waals surface area contributed by atoms with E-state index in [0.29, 0.717) is 16.3 Å². The minimum Gasteiger partial charge on any atom is -0.469 e. The van der Waals surface area contributed by atoms with Gasteiger partial charge in [-0.1, -0.05) is 11.6 Å². The van der Waals surface area contributed by atoms with E-state index in [4.69, 9.17) is 16.0 Å². The number of halogens is 1. The Bertz CT molecular complexity index is 443. The van der Waals surface area contributed by atoms with Crippen molar-refractivity contribution < 1.29 is 9.21 Å². The third-order valence-electron chi connectivity index (χ3n) is 2.08. The first kappa shape index (κ1) is 9.99. The molecule has 2 aromatic rings. The molecule has 0 aliphatic carbocycles. The van der Waals surface area contributed by atoms with Crippen LogP contribution < -0.4 is 0 Å². The molecule has 0 saturated carbocycles. The molecule has 3 heteroatoms. The van der Waals surface area contributed by atoms with E-state index in [-0.39, 0.29) is 12.2 Å². The summed E-state index contributed by atoms with van der Waals surface area (Å²) >= 11 is 5.73. The molecule has 0 unspecified atom stereocenters. The summed E-state index contributed by atoms with van der Waals surface area (Å²) in [6, 6.07) is 10.4. The number of furan rings is 1. The van der Waals surface area contributed by atoms with Gasteiger partial charge in [-0.15, -0.1) is 0 Å². The van der Waals surface area contributed by atoms with Crippen molar-refractivity contribution in [2.24, 2.45) is 0 Å². The van der Waals surface area contributed by atoms with Crippen molar-refractivity contribution in [3.05, 3.63) is 59.0 Å². The topological polar surface area (TPSA) is 30.2 Å². The third kappa shape index (κ3) is 2.48. The molecule has 15 heavy (non-hydrogen) atoms. The van der Waals surface area contributed by atoms with Gasteiger partial charge in [0.1, 0.15) is 5.76 Å². The van der Waals surface area contributed by atoms with E-state index in [9.17, 15) is 4.79 Å². The first-order chi connectivity index (χ1) is 7.25. The largest absolute Gasteiger partial charge is 0.469 e. The summed E-state index contributed by atoms with van der Waals surface area (Å²) in [5, 5.41) is 0.629. The van der Waals surface area contributed by atoms with Crippen molar-refractivity contribution in [3.8, 4) is 0 Å². The first-order valence-corrected chi connectivity index (χ1v) is 4.94. The average molecular weight is 221 g/mol. The number of Topliss-reactive ketones (excluding diaryl/α,β-unsaturated/α-hetero) is 1. The molecule has 0 atom stereocenters. The Morgan fingerprint density at radius 1 is 1.20 bits per heavy atom. The molecule has 0 aliphatic heterocycles. The number of benzene rings is 1. The fourth-order valence-corrected chi connectivity index (χ4v) is 1.44. The summed E-state index contributed by atoms with van der Waals surface area (Å²) in [5.74, 6) is 0.705. The van der Waals surface area contributed by atoms with Gasteiger partial charge in [-0.3, -0.25) is 4.79 Å². The highest BCUT2D eigenvalue weighted by atomic mass is 35.5. The van der Waals surface area contributed by atoms with Crippen LogP contribution in [0.3, 0.4) is 0 Å². The van der Waals surface area contributed by atoms with E-state index < -0.39 is 0 Å². The highest BCUT2D eigenvalue weighted by Gasteiger charge is 2.08. The van der Waals surface area contributed by atoms with Gasteiger partial charge in [0.25, 0.3) is 0 Å². The Balaban J connectivity index is 2.11. The lowest BCUT2D eigenvalue weighted by molar-refractivity contribution is 0.0987. The van der Waals surface area contributed by atoms with Crippen molar-refractivity contribution in [2.45, 2.75) is 6.42 Å². The number of carbonyl (C=O) groups excluding carboxylic acids is 1. The van der Waals surface area contributed by atoms with Gasteiger partial charge in [-0.2, -0.15) is 0 Å². The normalized spacial score (nSPS) is 10.2. The Morgan fingerprint density at radius 3 is 2.53 bits per heavy atom. The Kier molecular flexibility index (Phi) is 2.88. The van der Waals surface area contributed by atoms with Gasteiger partial charge in [0.05, 0.1) is 12.7 Å². The van der Waals surface area contributed by atoms with E-state index in [1.54, 1.807) is 42.7 Å². The molecule has 2 nitrogen and oxygen atoms in total. The molecule has 1 aromatic heterocycles. The maximum absolute atomic E-state index is 11.7. The predicted molar refractivity (Wildman–Crippen MR) is 58.2 cm³/mol. The van der Waals surface area contributed by atoms with E-state index in [2.05, 4.69) is 0 Å². The van der Waals surface area contributed by atoms with Gasteiger partial charge in [-0.25, -0.2) is 0 Å². The Morgan fingerprint density at radius 2 is 1.93 bits per heavy atom. The number of rotatable bonds is 3. The van der Waals surface area contributed by atoms with E-state index in [1.165, 1.54) is 0 Å². The number of hydrogen-bond donors (Lipinski definition) is 0. The molecule has 0 radical (unpaired) electrons. The third-order valence-corrected chi connectivity index (χ3v) is 2.33. The van der Waals surface area contributed by atoms with Crippen molar-refractivity contribution in [1.82, 2.24) is 0 Å². The van der Waals surface area contributed by atoms with Gasteiger partial charge in [0.15, 0.2) is 5.78 Å². The zero-order valence-corrected chi connectivity index (χ0v) is 8.70. The number of ketones is 1. The summed E-state index contributed by atoms with van der Waals surface area (Å²) < 4.78 is 5.10. The quantitative estimate of drug-likeness (QED) is 0.743. The van der Waals surface area contributed by atoms with E-state index >= 15 is 0 Å². The van der Waals surface area contributed by atoms with Crippen molar-refractivity contribution in [1.29, 1.82) is 0 Å². The maximum Gasteiger partial charge on any atom is 0.170 e. The van der Waals surface area contributed by atoms with Crippen LogP contribution in [0.1, 0.15) is 16.1 Å². The molecule has 1 aromatic carbocycles. The van der Waals surface area contributed by atoms with Crippen LogP contribution >= 0.6 is 11.6 Å². The SMILES string of the molecule is O=C(Cc1ccco1)c1ccc(Cl)cc1. The zero-order chi connectivity index (χ0) is 10.7. The first-order valence-electron chi connectivity index (χ1n) is 4.57. The highest BCUT2D eigenvalue weighted by Crippen LogP contribution is 2.12. The smallest absolute Gasteiger partial charge is 0.170 e. The highest BCUT2D eigenvalue weighted by molar-refractivity contribution is 6.30. The van der Waals surface area contributed by atoms with Crippen LogP contribution in [0, 0.1) is 0 Å². The zero-order valence-electron chi connectivity index (χ0n) is 7.94. The molecule has 0 saturated heterocycles.